The summed E-state index contributed by atoms with van der Waals surface area (Å²) in [5.74, 6) is 2.20. The van der Waals surface area contributed by atoms with Crippen molar-refractivity contribution < 1.29 is 4.74 Å². The molecule has 0 saturated carbocycles. The molecular formula is C23H28N8O. The van der Waals surface area contributed by atoms with Crippen molar-refractivity contribution in [1.82, 2.24) is 34.3 Å². The Bertz CT molecular complexity index is 1260. The quantitative estimate of drug-likeness (QED) is 0.479. The second-order valence-electron chi connectivity index (χ2n) is 8.23. The number of hydrogen-bond donors (Lipinski definition) is 1. The summed E-state index contributed by atoms with van der Waals surface area (Å²) in [6, 6.07) is 6.61. The first-order chi connectivity index (χ1) is 15.5. The van der Waals surface area contributed by atoms with E-state index >= 15 is 0 Å². The van der Waals surface area contributed by atoms with Crippen molar-refractivity contribution in [2.75, 3.05) is 25.0 Å². The number of likely N-dealkylation sites (N-methyl/N-ethyl adjacent to an activating group) is 1. The summed E-state index contributed by atoms with van der Waals surface area (Å²) in [5.41, 5.74) is 4.78. The summed E-state index contributed by atoms with van der Waals surface area (Å²) < 4.78 is 9.89. The van der Waals surface area contributed by atoms with Gasteiger partial charge in [0.25, 0.3) is 0 Å². The van der Waals surface area contributed by atoms with Gasteiger partial charge in [-0.25, -0.2) is 9.50 Å². The first-order valence-corrected chi connectivity index (χ1v) is 11.0. The van der Waals surface area contributed by atoms with E-state index in [2.05, 4.69) is 43.4 Å². The summed E-state index contributed by atoms with van der Waals surface area (Å²) in [6.07, 6.45) is 6.66. The Morgan fingerprint density at radius 3 is 2.78 bits per heavy atom. The van der Waals surface area contributed by atoms with Crippen LogP contribution in [0.25, 0.3) is 16.8 Å². The second kappa shape index (κ2) is 8.23. The summed E-state index contributed by atoms with van der Waals surface area (Å²) in [5, 5.41) is 12.3. The monoisotopic (exact) mass is 432 g/mol. The Balaban J connectivity index is 1.38. The molecule has 1 saturated heterocycles. The number of aromatic nitrogens is 6. The Morgan fingerprint density at radius 2 is 2.03 bits per heavy atom. The van der Waals surface area contributed by atoms with E-state index in [4.69, 9.17) is 4.74 Å². The van der Waals surface area contributed by atoms with Gasteiger partial charge >= 0.3 is 0 Å². The third kappa shape index (κ3) is 3.80. The number of ether oxygens (including phenoxy) is 1. The zero-order chi connectivity index (χ0) is 22.2. The van der Waals surface area contributed by atoms with Crippen LogP contribution in [-0.2, 0) is 7.05 Å². The first kappa shape index (κ1) is 20.4. The fourth-order valence-electron chi connectivity index (χ4n) is 4.07. The SMILES string of the molecule is CCN1CCC1COc1cnn(C)c1-c1ccn2nc(Nc3cnc(C)c(C)n3)cc2c1. The Kier molecular flexibility index (Phi) is 5.26. The molecule has 0 spiro atoms. The molecule has 1 aliphatic heterocycles. The van der Waals surface area contributed by atoms with Gasteiger partial charge in [0, 0.05) is 37.5 Å². The molecule has 5 heterocycles. The van der Waals surface area contributed by atoms with Crippen molar-refractivity contribution in [3.63, 3.8) is 0 Å². The van der Waals surface area contributed by atoms with Gasteiger partial charge in [0.15, 0.2) is 11.6 Å². The van der Waals surface area contributed by atoms with E-state index in [1.165, 1.54) is 6.42 Å². The van der Waals surface area contributed by atoms with Crippen molar-refractivity contribution >= 4 is 17.2 Å². The van der Waals surface area contributed by atoms with E-state index in [1.54, 1.807) is 12.4 Å². The molecule has 0 aromatic carbocycles. The van der Waals surface area contributed by atoms with Crippen molar-refractivity contribution in [3.05, 3.63) is 48.2 Å². The van der Waals surface area contributed by atoms with Gasteiger partial charge in [-0.05, 0) is 38.9 Å². The van der Waals surface area contributed by atoms with Crippen LogP contribution < -0.4 is 10.1 Å². The summed E-state index contributed by atoms with van der Waals surface area (Å²) in [7, 11) is 1.94. The molecule has 0 bridgehead atoms. The molecule has 32 heavy (non-hydrogen) atoms. The Hall–Kier alpha value is -3.46. The fourth-order valence-corrected chi connectivity index (χ4v) is 4.07. The van der Waals surface area contributed by atoms with Gasteiger partial charge in [-0.3, -0.25) is 14.6 Å². The van der Waals surface area contributed by atoms with Crippen LogP contribution in [0.3, 0.4) is 0 Å². The molecule has 1 aliphatic rings. The molecule has 0 aliphatic carbocycles. The standard InChI is InChI=1S/C23H28N8O/c1-5-30-8-7-18(30)14-32-20-12-25-29(4)23(20)17-6-9-31-19(10-17)11-21(28-31)27-22-13-24-15(2)16(3)26-22/h6,9-13,18H,5,7-8,14H2,1-4H3,(H,26,27,28). The first-order valence-electron chi connectivity index (χ1n) is 11.0. The maximum atomic E-state index is 6.19. The number of nitrogens with zero attached hydrogens (tertiary/aromatic N) is 7. The number of pyridine rings is 1. The highest BCUT2D eigenvalue weighted by molar-refractivity contribution is 5.72. The predicted molar refractivity (Wildman–Crippen MR) is 123 cm³/mol. The molecule has 5 rings (SSSR count). The van der Waals surface area contributed by atoms with Crippen molar-refractivity contribution in [1.29, 1.82) is 0 Å². The fraction of sp³-hybridized carbons (Fsp3) is 0.391. The van der Waals surface area contributed by atoms with E-state index in [9.17, 15) is 0 Å². The van der Waals surface area contributed by atoms with Gasteiger partial charge in [0.2, 0.25) is 0 Å². The number of fused-ring (bicyclic) bond motifs is 1. The summed E-state index contributed by atoms with van der Waals surface area (Å²) in [6.45, 7) is 9.00. The molecule has 1 fully saturated rings. The van der Waals surface area contributed by atoms with Crippen LogP contribution in [0.2, 0.25) is 0 Å². The van der Waals surface area contributed by atoms with Crippen LogP contribution in [0, 0.1) is 13.8 Å². The highest BCUT2D eigenvalue weighted by atomic mass is 16.5. The summed E-state index contributed by atoms with van der Waals surface area (Å²) in [4.78, 5) is 11.3. The molecule has 4 aromatic rings. The average Bonchev–Trinajstić information content (AvgIpc) is 3.32. The molecule has 4 aromatic heterocycles. The maximum Gasteiger partial charge on any atom is 0.165 e. The van der Waals surface area contributed by atoms with E-state index < -0.39 is 0 Å². The van der Waals surface area contributed by atoms with Crippen LogP contribution in [0.1, 0.15) is 24.7 Å². The minimum Gasteiger partial charge on any atom is -0.488 e. The van der Waals surface area contributed by atoms with Crippen LogP contribution in [0.4, 0.5) is 11.6 Å². The Morgan fingerprint density at radius 1 is 1.16 bits per heavy atom. The van der Waals surface area contributed by atoms with Crippen LogP contribution in [0.5, 0.6) is 5.75 Å². The lowest BCUT2D eigenvalue weighted by molar-refractivity contribution is 0.0563. The number of anilines is 2. The average molecular weight is 433 g/mol. The van der Waals surface area contributed by atoms with Gasteiger partial charge in [-0.1, -0.05) is 6.92 Å². The number of likely N-dealkylation sites (tertiary alicyclic amines) is 1. The van der Waals surface area contributed by atoms with E-state index in [-0.39, 0.29) is 0 Å². The molecule has 1 unspecified atom stereocenters. The van der Waals surface area contributed by atoms with Gasteiger partial charge in [-0.15, -0.1) is 0 Å². The van der Waals surface area contributed by atoms with Gasteiger partial charge in [0.05, 0.1) is 29.3 Å². The minimum atomic E-state index is 0.493. The van der Waals surface area contributed by atoms with Gasteiger partial charge in [0.1, 0.15) is 18.1 Å². The number of aryl methyl sites for hydroxylation is 3. The molecule has 9 nitrogen and oxygen atoms in total. The topological polar surface area (TPSA) is 85.4 Å². The maximum absolute atomic E-state index is 6.19. The number of nitrogens with one attached hydrogen (secondary N) is 1. The van der Waals surface area contributed by atoms with E-state index in [0.29, 0.717) is 24.3 Å². The highest BCUT2D eigenvalue weighted by Gasteiger charge is 2.27. The second-order valence-corrected chi connectivity index (χ2v) is 8.23. The molecule has 1 atom stereocenters. The lowest BCUT2D eigenvalue weighted by atomic mass is 10.0. The molecule has 1 N–H and O–H groups in total. The number of rotatable bonds is 7. The van der Waals surface area contributed by atoms with Gasteiger partial charge < -0.3 is 10.1 Å². The Labute approximate surface area is 187 Å². The third-order valence-corrected chi connectivity index (χ3v) is 6.19. The predicted octanol–water partition coefficient (Wildman–Crippen LogP) is 3.36. The normalized spacial score (nSPS) is 16.3. The smallest absolute Gasteiger partial charge is 0.165 e. The minimum absolute atomic E-state index is 0.493. The van der Waals surface area contributed by atoms with Crippen molar-refractivity contribution in [2.24, 2.45) is 7.05 Å². The third-order valence-electron chi connectivity index (χ3n) is 6.19. The highest BCUT2D eigenvalue weighted by Crippen LogP contribution is 2.31. The number of hydrogen-bond acceptors (Lipinski definition) is 7. The lowest BCUT2D eigenvalue weighted by Gasteiger charge is -2.39. The van der Waals surface area contributed by atoms with Crippen LogP contribution in [0.15, 0.2) is 36.8 Å². The molecule has 0 radical (unpaired) electrons. The molecular weight excluding hydrogens is 404 g/mol. The van der Waals surface area contributed by atoms with Crippen molar-refractivity contribution in [3.8, 4) is 17.0 Å². The summed E-state index contributed by atoms with van der Waals surface area (Å²) >= 11 is 0. The van der Waals surface area contributed by atoms with Crippen molar-refractivity contribution in [2.45, 2.75) is 33.2 Å². The van der Waals surface area contributed by atoms with Gasteiger partial charge in [-0.2, -0.15) is 10.2 Å². The zero-order valence-electron chi connectivity index (χ0n) is 18.9. The zero-order valence-corrected chi connectivity index (χ0v) is 18.9. The molecule has 0 amide bonds. The van der Waals surface area contributed by atoms with Crippen LogP contribution in [-0.4, -0.2) is 60.0 Å². The van der Waals surface area contributed by atoms with E-state index in [0.717, 1.165) is 47.0 Å². The molecule has 166 valence electrons. The lowest BCUT2D eigenvalue weighted by Crippen LogP contribution is -2.50. The van der Waals surface area contributed by atoms with E-state index in [1.807, 2.05) is 48.4 Å². The molecule has 9 heteroatoms. The van der Waals surface area contributed by atoms with Crippen LogP contribution >= 0.6 is 0 Å². The largest absolute Gasteiger partial charge is 0.488 e.